The Morgan fingerprint density at radius 3 is 2.66 bits per heavy atom. The highest BCUT2D eigenvalue weighted by Gasteiger charge is 2.34. The summed E-state index contributed by atoms with van der Waals surface area (Å²) >= 11 is 0. The maximum absolute atomic E-state index is 5.64. The molecule has 1 aliphatic heterocycles. The van der Waals surface area contributed by atoms with Gasteiger partial charge in [-0.2, -0.15) is 4.52 Å². The molecule has 0 unspecified atom stereocenters. The number of fused-ring (bicyclic) bond motifs is 3. The van der Waals surface area contributed by atoms with Crippen LogP contribution in [0.5, 0.6) is 5.75 Å². The molecular weight excluding hydrogens is 410 g/mol. The Morgan fingerprint density at radius 2 is 1.84 bits per heavy atom. The van der Waals surface area contributed by atoms with Gasteiger partial charge in [-0.15, -0.1) is 10.2 Å². The predicted molar refractivity (Wildman–Crippen MR) is 114 cm³/mol. The third-order valence-electron chi connectivity index (χ3n) is 6.64. The van der Waals surface area contributed by atoms with Crippen LogP contribution in [-0.2, 0) is 4.74 Å². The van der Waals surface area contributed by atoms with Gasteiger partial charge in [0.1, 0.15) is 11.8 Å². The molecule has 3 aromatic heterocycles. The number of benzene rings is 1. The molecule has 11 heteroatoms. The Hall–Kier alpha value is -3.18. The van der Waals surface area contributed by atoms with Crippen molar-refractivity contribution in [3.8, 4) is 5.75 Å². The lowest BCUT2D eigenvalue weighted by Gasteiger charge is -2.34. The number of morpholine rings is 1. The van der Waals surface area contributed by atoms with Crippen LogP contribution in [0.15, 0.2) is 24.3 Å². The Bertz CT molecular complexity index is 1240. The lowest BCUT2D eigenvalue weighted by atomic mass is 10.0. The van der Waals surface area contributed by atoms with E-state index in [0.717, 1.165) is 54.0 Å². The fraction of sp³-hybridized carbons (Fsp3) is 0.524. The molecule has 1 saturated heterocycles. The van der Waals surface area contributed by atoms with Crippen molar-refractivity contribution in [3.63, 3.8) is 0 Å². The van der Waals surface area contributed by atoms with Gasteiger partial charge in [0, 0.05) is 30.1 Å². The fourth-order valence-corrected chi connectivity index (χ4v) is 5.04. The van der Waals surface area contributed by atoms with Crippen LogP contribution in [0.3, 0.4) is 0 Å². The highest BCUT2D eigenvalue weighted by atomic mass is 16.5. The highest BCUT2D eigenvalue weighted by Crippen LogP contribution is 2.36. The summed E-state index contributed by atoms with van der Waals surface area (Å²) in [6.45, 7) is 2.92. The van der Waals surface area contributed by atoms with Crippen molar-refractivity contribution in [2.24, 2.45) is 0 Å². The highest BCUT2D eigenvalue weighted by molar-refractivity contribution is 5.84. The molecule has 4 heterocycles. The van der Waals surface area contributed by atoms with E-state index in [4.69, 9.17) is 9.47 Å². The summed E-state index contributed by atoms with van der Waals surface area (Å²) in [6.07, 6.45) is 4.63. The molecule has 0 radical (unpaired) electrons. The van der Waals surface area contributed by atoms with Crippen LogP contribution in [0, 0.1) is 0 Å². The zero-order valence-corrected chi connectivity index (χ0v) is 18.0. The smallest absolute Gasteiger partial charge is 0.185 e. The number of hydrogen-bond acceptors (Lipinski definition) is 9. The first-order valence-corrected chi connectivity index (χ1v) is 11.1. The molecule has 1 atom stereocenters. The Balaban J connectivity index is 1.56. The standard InChI is InChI=1S/C21H25N9O2/c1-31-16-7-6-14-12-17(20-22-24-27-30(20)18(14)13-16)19(28-8-10-32-11-9-28)21-23-25-26-29(21)15-4-2-3-5-15/h6-7,12-13,15,19H,2-5,8-11H2,1H3/t19-/m1/s1. The van der Waals surface area contributed by atoms with E-state index < -0.39 is 0 Å². The molecule has 166 valence electrons. The monoisotopic (exact) mass is 435 g/mol. The molecule has 6 rings (SSSR count). The van der Waals surface area contributed by atoms with Gasteiger partial charge in [-0.25, -0.2) is 4.68 Å². The van der Waals surface area contributed by atoms with Gasteiger partial charge in [-0.1, -0.05) is 12.8 Å². The minimum Gasteiger partial charge on any atom is -0.497 e. The van der Waals surface area contributed by atoms with Gasteiger partial charge < -0.3 is 9.47 Å². The molecule has 1 aliphatic carbocycles. The quantitative estimate of drug-likeness (QED) is 0.464. The van der Waals surface area contributed by atoms with Crippen molar-refractivity contribution in [2.45, 2.75) is 37.8 Å². The number of pyridine rings is 1. The first-order valence-electron chi connectivity index (χ1n) is 11.1. The van der Waals surface area contributed by atoms with E-state index in [0.29, 0.717) is 24.9 Å². The van der Waals surface area contributed by atoms with Crippen molar-refractivity contribution >= 4 is 16.6 Å². The third kappa shape index (κ3) is 3.19. The first-order chi connectivity index (χ1) is 15.8. The maximum atomic E-state index is 5.64. The van der Waals surface area contributed by atoms with Crippen molar-refractivity contribution in [1.82, 2.24) is 45.1 Å². The molecule has 2 aliphatic rings. The van der Waals surface area contributed by atoms with Gasteiger partial charge in [0.15, 0.2) is 11.5 Å². The second-order valence-corrected chi connectivity index (χ2v) is 8.41. The van der Waals surface area contributed by atoms with E-state index in [-0.39, 0.29) is 6.04 Å². The van der Waals surface area contributed by atoms with Crippen molar-refractivity contribution in [2.75, 3.05) is 33.4 Å². The average molecular weight is 435 g/mol. The molecule has 0 spiro atoms. The van der Waals surface area contributed by atoms with Gasteiger partial charge in [-0.05, 0) is 51.9 Å². The number of methoxy groups -OCH3 is 1. The van der Waals surface area contributed by atoms with E-state index in [2.05, 4.69) is 42.0 Å². The Morgan fingerprint density at radius 1 is 1.03 bits per heavy atom. The summed E-state index contributed by atoms with van der Waals surface area (Å²) in [7, 11) is 1.66. The summed E-state index contributed by atoms with van der Waals surface area (Å²) in [5, 5.41) is 26.8. The summed E-state index contributed by atoms with van der Waals surface area (Å²) in [5.74, 6) is 1.61. The van der Waals surface area contributed by atoms with Crippen LogP contribution in [0.2, 0.25) is 0 Å². The Kier molecular flexibility index (Phi) is 4.91. The number of nitrogens with zero attached hydrogens (tertiary/aromatic N) is 9. The van der Waals surface area contributed by atoms with E-state index in [1.807, 2.05) is 22.9 Å². The molecule has 11 nitrogen and oxygen atoms in total. The minimum atomic E-state index is -0.172. The lowest BCUT2D eigenvalue weighted by Crippen LogP contribution is -2.41. The van der Waals surface area contributed by atoms with Gasteiger partial charge in [-0.3, -0.25) is 4.90 Å². The molecule has 4 aromatic rings. The van der Waals surface area contributed by atoms with E-state index in [9.17, 15) is 0 Å². The number of ether oxygens (including phenoxy) is 2. The zero-order chi connectivity index (χ0) is 21.5. The molecule has 0 N–H and O–H groups in total. The van der Waals surface area contributed by atoms with Gasteiger partial charge in [0.25, 0.3) is 0 Å². The third-order valence-corrected chi connectivity index (χ3v) is 6.64. The van der Waals surface area contributed by atoms with Crippen molar-refractivity contribution < 1.29 is 9.47 Å². The average Bonchev–Trinajstić information content (AvgIpc) is 3.61. The topological polar surface area (TPSA) is 108 Å². The first kappa shape index (κ1) is 19.5. The minimum absolute atomic E-state index is 0.172. The Labute approximate surface area is 184 Å². The number of hydrogen-bond donors (Lipinski definition) is 0. The van der Waals surface area contributed by atoms with Gasteiger partial charge in [0.2, 0.25) is 0 Å². The predicted octanol–water partition coefficient (Wildman–Crippen LogP) is 1.81. The van der Waals surface area contributed by atoms with Crippen LogP contribution in [0.25, 0.3) is 16.6 Å². The molecule has 2 fully saturated rings. The second-order valence-electron chi connectivity index (χ2n) is 8.41. The summed E-state index contributed by atoms with van der Waals surface area (Å²) in [6, 6.07) is 8.27. The zero-order valence-electron chi connectivity index (χ0n) is 18.0. The van der Waals surface area contributed by atoms with Crippen LogP contribution >= 0.6 is 0 Å². The molecule has 0 amide bonds. The van der Waals surface area contributed by atoms with E-state index >= 15 is 0 Å². The second kappa shape index (κ2) is 8.06. The number of aromatic nitrogens is 8. The molecule has 0 bridgehead atoms. The summed E-state index contributed by atoms with van der Waals surface area (Å²) < 4.78 is 14.9. The van der Waals surface area contributed by atoms with E-state index in [1.165, 1.54) is 12.8 Å². The fourth-order valence-electron chi connectivity index (χ4n) is 5.04. The molecule has 1 aromatic carbocycles. The van der Waals surface area contributed by atoms with Crippen molar-refractivity contribution in [1.29, 1.82) is 0 Å². The normalized spacial score (nSPS) is 19.2. The summed E-state index contributed by atoms with van der Waals surface area (Å²) in [4.78, 5) is 2.38. The van der Waals surface area contributed by atoms with Gasteiger partial charge >= 0.3 is 0 Å². The lowest BCUT2D eigenvalue weighted by molar-refractivity contribution is 0.0215. The van der Waals surface area contributed by atoms with Crippen LogP contribution in [0.4, 0.5) is 0 Å². The number of rotatable bonds is 5. The molecule has 32 heavy (non-hydrogen) atoms. The van der Waals surface area contributed by atoms with Crippen LogP contribution in [-0.4, -0.2) is 78.6 Å². The van der Waals surface area contributed by atoms with Crippen LogP contribution < -0.4 is 4.74 Å². The van der Waals surface area contributed by atoms with Crippen molar-refractivity contribution in [3.05, 3.63) is 35.7 Å². The SMILES string of the molecule is COc1ccc2cc([C@H](c3nnnn3C3CCCC3)N3CCOCC3)c3nnnn3c2c1. The summed E-state index contributed by atoms with van der Waals surface area (Å²) in [5.41, 5.74) is 2.58. The number of tetrazole rings is 2. The maximum Gasteiger partial charge on any atom is 0.185 e. The largest absolute Gasteiger partial charge is 0.497 e. The van der Waals surface area contributed by atoms with E-state index in [1.54, 1.807) is 11.6 Å². The van der Waals surface area contributed by atoms with Crippen LogP contribution in [0.1, 0.15) is 49.2 Å². The van der Waals surface area contributed by atoms with Gasteiger partial charge in [0.05, 0.1) is 31.9 Å². The molecular formula is C21H25N9O2. The molecule has 1 saturated carbocycles.